The first kappa shape index (κ1) is 20.9. The maximum Gasteiger partial charge on any atom is 0.251 e. The summed E-state index contributed by atoms with van der Waals surface area (Å²) in [6.45, 7) is 2.22. The maximum absolute atomic E-state index is 12.9. The number of hydrogen-bond donors (Lipinski definition) is 2. The van der Waals surface area contributed by atoms with Gasteiger partial charge in [0.05, 0.1) is 12.5 Å². The highest BCUT2D eigenvalue weighted by atomic mass is 35.5. The van der Waals surface area contributed by atoms with Crippen molar-refractivity contribution in [3.63, 3.8) is 0 Å². The minimum atomic E-state index is -0.735. The molecule has 2 N–H and O–H groups in total. The normalized spacial score (nSPS) is 16.9. The van der Waals surface area contributed by atoms with E-state index in [1.54, 1.807) is 36.4 Å². The molecule has 1 aliphatic rings. The van der Waals surface area contributed by atoms with E-state index in [0.29, 0.717) is 28.7 Å². The van der Waals surface area contributed by atoms with Crippen LogP contribution < -0.4 is 5.32 Å². The number of halogens is 1. The molecule has 8 heteroatoms. The summed E-state index contributed by atoms with van der Waals surface area (Å²) < 4.78 is 0. The van der Waals surface area contributed by atoms with E-state index in [9.17, 15) is 19.6 Å². The molecule has 0 bridgehead atoms. The summed E-state index contributed by atoms with van der Waals surface area (Å²) in [5, 5.41) is 13.3. The van der Waals surface area contributed by atoms with E-state index in [0.717, 1.165) is 12.8 Å². The monoisotopic (exact) mass is 393 g/mol. The molecule has 27 heavy (non-hydrogen) atoms. The lowest BCUT2D eigenvalue weighted by Crippen LogP contribution is -2.47. The second-order valence-electron chi connectivity index (χ2n) is 6.43. The second kappa shape index (κ2) is 10.1. The summed E-state index contributed by atoms with van der Waals surface area (Å²) in [6.07, 6.45) is 5.91. The van der Waals surface area contributed by atoms with Crippen LogP contribution in [0.15, 0.2) is 36.4 Å². The summed E-state index contributed by atoms with van der Waals surface area (Å²) in [5.41, 5.74) is 0.585. The zero-order chi connectivity index (χ0) is 19.8. The van der Waals surface area contributed by atoms with E-state index >= 15 is 0 Å². The molecule has 146 valence electrons. The molecule has 0 spiro atoms. The van der Waals surface area contributed by atoms with Crippen molar-refractivity contribution in [1.29, 1.82) is 0 Å². The second-order valence-corrected chi connectivity index (χ2v) is 6.86. The molecule has 2 atom stereocenters. The van der Waals surface area contributed by atoms with E-state index in [-0.39, 0.29) is 24.8 Å². The molecule has 0 aliphatic carbocycles. The average molecular weight is 394 g/mol. The van der Waals surface area contributed by atoms with Gasteiger partial charge in [0.1, 0.15) is 6.04 Å². The fourth-order valence-corrected chi connectivity index (χ4v) is 3.10. The first-order valence-electron chi connectivity index (χ1n) is 8.90. The number of hydroxylamine groups is 2. The summed E-state index contributed by atoms with van der Waals surface area (Å²) in [4.78, 5) is 37.8. The number of rotatable bonds is 9. The van der Waals surface area contributed by atoms with Gasteiger partial charge in [0.2, 0.25) is 12.3 Å². The number of carbonyl (C=O) groups excluding carboxylic acids is 3. The fourth-order valence-electron chi connectivity index (χ4n) is 2.97. The summed E-state index contributed by atoms with van der Waals surface area (Å²) in [7, 11) is 0. The molecule has 7 nitrogen and oxygen atoms in total. The molecule has 0 saturated carbocycles. The van der Waals surface area contributed by atoms with Gasteiger partial charge in [-0.15, -0.1) is 0 Å². The van der Waals surface area contributed by atoms with Crippen LogP contribution in [-0.4, -0.2) is 52.5 Å². The summed E-state index contributed by atoms with van der Waals surface area (Å²) in [6, 6.07) is 5.97. The van der Waals surface area contributed by atoms with Crippen molar-refractivity contribution in [2.24, 2.45) is 5.92 Å². The molecule has 3 amide bonds. The van der Waals surface area contributed by atoms with Gasteiger partial charge in [0.15, 0.2) is 0 Å². The molecule has 0 fully saturated rings. The van der Waals surface area contributed by atoms with Crippen LogP contribution in [0.5, 0.6) is 0 Å². The van der Waals surface area contributed by atoms with Crippen LogP contribution in [0.1, 0.15) is 26.2 Å². The van der Waals surface area contributed by atoms with E-state index in [2.05, 4.69) is 5.32 Å². The summed E-state index contributed by atoms with van der Waals surface area (Å²) in [5.74, 6) is -1.15. The molecule has 0 saturated heterocycles. The Morgan fingerprint density at radius 3 is 2.74 bits per heavy atom. The third kappa shape index (κ3) is 5.80. The van der Waals surface area contributed by atoms with Gasteiger partial charge in [0.25, 0.3) is 5.91 Å². The van der Waals surface area contributed by atoms with Crippen LogP contribution in [0.3, 0.4) is 0 Å². The van der Waals surface area contributed by atoms with Crippen LogP contribution in [0.2, 0.25) is 5.02 Å². The van der Waals surface area contributed by atoms with Crippen molar-refractivity contribution >= 4 is 35.5 Å². The van der Waals surface area contributed by atoms with Crippen molar-refractivity contribution in [2.75, 3.05) is 18.4 Å². The third-order valence-corrected chi connectivity index (χ3v) is 4.66. The Hall–Kier alpha value is -2.38. The molecule has 1 aromatic carbocycles. The predicted octanol–water partition coefficient (Wildman–Crippen LogP) is 2.70. The molecular weight excluding hydrogens is 370 g/mol. The van der Waals surface area contributed by atoms with Crippen molar-refractivity contribution < 1.29 is 19.6 Å². The zero-order valence-electron chi connectivity index (χ0n) is 15.2. The molecule has 1 heterocycles. The number of benzene rings is 1. The Morgan fingerprint density at radius 2 is 2.11 bits per heavy atom. The van der Waals surface area contributed by atoms with Crippen molar-refractivity contribution in [3.05, 3.63) is 41.4 Å². The number of anilines is 1. The number of unbranched alkanes of at least 4 members (excludes halogenated alkanes) is 1. The van der Waals surface area contributed by atoms with Gasteiger partial charge in [-0.05, 0) is 30.7 Å². The topological polar surface area (TPSA) is 90.0 Å². The number of hydrogen-bond acceptors (Lipinski definition) is 4. The minimum absolute atomic E-state index is 0.0929. The van der Waals surface area contributed by atoms with Gasteiger partial charge in [-0.25, -0.2) is 5.06 Å². The van der Waals surface area contributed by atoms with Crippen molar-refractivity contribution in [1.82, 2.24) is 9.96 Å². The molecular formula is C19H24ClN3O4. The standard InChI is InChI=1S/C19H24ClN3O4/c1-2-3-5-14(12-22(27)13-24)19(26)23-11-4-6-17(23)18(25)21-16-9-7-15(20)8-10-16/h4,6-10,13-14,17,27H,2-3,5,11-12H2,1H3,(H,21,25)/t14-,17+/m1/s1. The van der Waals surface area contributed by atoms with Crippen LogP contribution in [0, 0.1) is 5.92 Å². The zero-order valence-corrected chi connectivity index (χ0v) is 15.9. The van der Waals surface area contributed by atoms with Crippen LogP contribution in [0.4, 0.5) is 5.69 Å². The Balaban J connectivity index is 2.07. The number of nitrogens with zero attached hydrogens (tertiary/aromatic N) is 2. The number of amides is 3. The van der Waals surface area contributed by atoms with Crippen molar-refractivity contribution in [2.45, 2.75) is 32.2 Å². The molecule has 1 aromatic rings. The highest BCUT2D eigenvalue weighted by Gasteiger charge is 2.34. The summed E-state index contributed by atoms with van der Waals surface area (Å²) >= 11 is 5.84. The van der Waals surface area contributed by atoms with Gasteiger partial charge in [-0.2, -0.15) is 0 Å². The third-order valence-electron chi connectivity index (χ3n) is 4.40. The Labute approximate surface area is 163 Å². The predicted molar refractivity (Wildman–Crippen MR) is 102 cm³/mol. The maximum atomic E-state index is 12.9. The lowest BCUT2D eigenvalue weighted by molar-refractivity contribution is -0.157. The van der Waals surface area contributed by atoms with Crippen molar-refractivity contribution in [3.8, 4) is 0 Å². The Bertz CT molecular complexity index is 693. The van der Waals surface area contributed by atoms with Gasteiger partial charge in [-0.3, -0.25) is 19.6 Å². The lowest BCUT2D eigenvalue weighted by atomic mass is 9.99. The number of nitrogens with one attached hydrogen (secondary N) is 1. The molecule has 0 aromatic heterocycles. The highest BCUT2D eigenvalue weighted by Crippen LogP contribution is 2.21. The van der Waals surface area contributed by atoms with E-state index in [4.69, 9.17) is 11.6 Å². The fraction of sp³-hybridized carbons (Fsp3) is 0.421. The first-order chi connectivity index (χ1) is 13.0. The quantitative estimate of drug-likeness (QED) is 0.292. The molecule has 0 radical (unpaired) electrons. The molecule has 0 unspecified atom stereocenters. The van der Waals surface area contributed by atoms with E-state index in [1.165, 1.54) is 4.90 Å². The molecule has 2 rings (SSSR count). The van der Waals surface area contributed by atoms with Crippen LogP contribution in [0.25, 0.3) is 0 Å². The number of carbonyl (C=O) groups is 3. The van der Waals surface area contributed by atoms with Gasteiger partial charge in [0, 0.05) is 17.3 Å². The first-order valence-corrected chi connectivity index (χ1v) is 9.28. The Morgan fingerprint density at radius 1 is 1.41 bits per heavy atom. The van der Waals surface area contributed by atoms with Crippen LogP contribution >= 0.6 is 11.6 Å². The minimum Gasteiger partial charge on any atom is -0.324 e. The molecule has 1 aliphatic heterocycles. The smallest absolute Gasteiger partial charge is 0.251 e. The van der Waals surface area contributed by atoms with Gasteiger partial charge < -0.3 is 10.2 Å². The van der Waals surface area contributed by atoms with Gasteiger partial charge >= 0.3 is 0 Å². The van der Waals surface area contributed by atoms with Crippen LogP contribution in [-0.2, 0) is 14.4 Å². The SMILES string of the molecule is CCCC[C@H](CN(O)C=O)C(=O)N1CC=C[C@H]1C(=O)Nc1ccc(Cl)cc1. The lowest BCUT2D eigenvalue weighted by Gasteiger charge is -2.29. The van der Waals surface area contributed by atoms with Gasteiger partial charge in [-0.1, -0.05) is 43.5 Å². The van der Waals surface area contributed by atoms with E-state index in [1.807, 2.05) is 6.92 Å². The van der Waals surface area contributed by atoms with E-state index < -0.39 is 12.0 Å². The largest absolute Gasteiger partial charge is 0.324 e. The highest BCUT2D eigenvalue weighted by molar-refractivity contribution is 6.30. The average Bonchev–Trinajstić information content (AvgIpc) is 3.16. The Kier molecular flexibility index (Phi) is 7.82.